The van der Waals surface area contributed by atoms with Gasteiger partial charge in [0.25, 0.3) is 0 Å². The van der Waals surface area contributed by atoms with Crippen LogP contribution in [0.5, 0.6) is 0 Å². The normalized spacial score (nSPS) is 38.2. The molecule has 4 rings (SSSR count). The van der Waals surface area contributed by atoms with Gasteiger partial charge in [-0.05, 0) is 74.1 Å². The summed E-state index contributed by atoms with van der Waals surface area (Å²) in [5.74, 6) is 2.20. The van der Waals surface area contributed by atoms with Gasteiger partial charge < -0.3 is 4.74 Å². The van der Waals surface area contributed by atoms with Crippen molar-refractivity contribution < 1.29 is 4.74 Å². The van der Waals surface area contributed by atoms with Crippen LogP contribution in [-0.2, 0) is 4.74 Å². The van der Waals surface area contributed by atoms with Crippen LogP contribution < -0.4 is 0 Å². The standard InChI is InChI=1S/C18H21BrO/c1-9-4-10(2)17(11(3)5-9)12-6-13-14(7-12)18-15(19)8-16(13)20-18/h4-5,8,12-14,16,18H,6-7H2,1-3H3. The summed E-state index contributed by atoms with van der Waals surface area (Å²) in [6, 6.07) is 4.69. The molecule has 0 N–H and O–H groups in total. The van der Waals surface area contributed by atoms with E-state index in [1.165, 1.54) is 34.0 Å². The molecule has 5 atom stereocenters. The van der Waals surface area contributed by atoms with E-state index < -0.39 is 0 Å². The summed E-state index contributed by atoms with van der Waals surface area (Å²) >= 11 is 3.68. The van der Waals surface area contributed by atoms with Crippen molar-refractivity contribution in [3.05, 3.63) is 44.9 Å². The number of ether oxygens (including phenoxy) is 1. The molecule has 2 aliphatic heterocycles. The molecule has 0 radical (unpaired) electrons. The van der Waals surface area contributed by atoms with E-state index in [2.05, 4.69) is 54.9 Å². The first-order valence-corrected chi connectivity index (χ1v) is 8.44. The third kappa shape index (κ3) is 1.77. The largest absolute Gasteiger partial charge is 0.365 e. The molecular formula is C18H21BrO. The maximum atomic E-state index is 6.08. The molecule has 1 aromatic rings. The quantitative estimate of drug-likeness (QED) is 0.719. The second-order valence-electron chi connectivity index (χ2n) is 6.88. The molecule has 1 aliphatic carbocycles. The van der Waals surface area contributed by atoms with Gasteiger partial charge in [-0.25, -0.2) is 0 Å². The highest BCUT2D eigenvalue weighted by Crippen LogP contribution is 2.57. The summed E-state index contributed by atoms with van der Waals surface area (Å²) in [7, 11) is 0. The van der Waals surface area contributed by atoms with Crippen LogP contribution in [0.25, 0.3) is 0 Å². The van der Waals surface area contributed by atoms with Crippen LogP contribution in [-0.4, -0.2) is 12.2 Å². The van der Waals surface area contributed by atoms with Crippen molar-refractivity contribution in [1.82, 2.24) is 0 Å². The summed E-state index contributed by atoms with van der Waals surface area (Å²) < 4.78 is 7.37. The van der Waals surface area contributed by atoms with E-state index >= 15 is 0 Å². The van der Waals surface area contributed by atoms with Gasteiger partial charge in [-0.15, -0.1) is 0 Å². The Kier molecular flexibility index (Phi) is 2.91. The SMILES string of the molecule is Cc1cc(C)c(C2CC3C4C=C(Br)C(O4)C3C2)c(C)c1. The monoisotopic (exact) mass is 332 g/mol. The third-order valence-corrected chi connectivity index (χ3v) is 6.24. The Morgan fingerprint density at radius 2 is 1.70 bits per heavy atom. The Balaban J connectivity index is 1.65. The molecule has 5 unspecified atom stereocenters. The average molecular weight is 333 g/mol. The first-order chi connectivity index (χ1) is 9.54. The molecule has 0 spiro atoms. The molecule has 2 bridgehead atoms. The summed E-state index contributed by atoms with van der Waals surface area (Å²) in [5, 5.41) is 0. The van der Waals surface area contributed by atoms with Crippen LogP contribution in [0.3, 0.4) is 0 Å². The first kappa shape index (κ1) is 13.1. The van der Waals surface area contributed by atoms with Gasteiger partial charge in [-0.3, -0.25) is 0 Å². The van der Waals surface area contributed by atoms with Crippen molar-refractivity contribution in [3.63, 3.8) is 0 Å². The lowest BCUT2D eigenvalue weighted by Crippen LogP contribution is -2.19. The van der Waals surface area contributed by atoms with Crippen LogP contribution in [0, 0.1) is 32.6 Å². The lowest BCUT2D eigenvalue weighted by atomic mass is 9.86. The van der Waals surface area contributed by atoms with Gasteiger partial charge in [0.15, 0.2) is 0 Å². The van der Waals surface area contributed by atoms with Gasteiger partial charge in [-0.1, -0.05) is 33.6 Å². The number of rotatable bonds is 1. The molecular weight excluding hydrogens is 312 g/mol. The highest BCUT2D eigenvalue weighted by Gasteiger charge is 2.53. The fraction of sp³-hybridized carbons (Fsp3) is 0.556. The number of fused-ring (bicyclic) bond motifs is 5. The molecule has 1 saturated carbocycles. The first-order valence-electron chi connectivity index (χ1n) is 7.65. The number of halogens is 1. The molecule has 2 fully saturated rings. The number of aryl methyl sites for hydroxylation is 3. The molecule has 3 aliphatic rings. The minimum atomic E-state index is 0.348. The highest BCUT2D eigenvalue weighted by molar-refractivity contribution is 9.11. The number of hydrogen-bond donors (Lipinski definition) is 0. The zero-order valence-electron chi connectivity index (χ0n) is 12.3. The van der Waals surface area contributed by atoms with Crippen molar-refractivity contribution in [2.24, 2.45) is 11.8 Å². The van der Waals surface area contributed by atoms with E-state index in [9.17, 15) is 0 Å². The summed E-state index contributed by atoms with van der Waals surface area (Å²) in [5.41, 5.74) is 5.95. The highest BCUT2D eigenvalue weighted by atomic mass is 79.9. The van der Waals surface area contributed by atoms with Crippen LogP contribution in [0.2, 0.25) is 0 Å². The summed E-state index contributed by atoms with van der Waals surface area (Å²) in [6.45, 7) is 6.76. The molecule has 106 valence electrons. The van der Waals surface area contributed by atoms with Crippen molar-refractivity contribution >= 4 is 15.9 Å². The Morgan fingerprint density at radius 1 is 1.05 bits per heavy atom. The minimum absolute atomic E-state index is 0.348. The minimum Gasteiger partial charge on any atom is -0.365 e. The second kappa shape index (κ2) is 4.45. The van der Waals surface area contributed by atoms with E-state index in [0.29, 0.717) is 12.2 Å². The maximum Gasteiger partial charge on any atom is 0.0927 e. The van der Waals surface area contributed by atoms with Gasteiger partial charge in [0.2, 0.25) is 0 Å². The van der Waals surface area contributed by atoms with Crippen LogP contribution >= 0.6 is 15.9 Å². The Bertz CT molecular complexity index is 580. The summed E-state index contributed by atoms with van der Waals surface area (Å²) in [6.07, 6.45) is 5.60. The van der Waals surface area contributed by atoms with Crippen molar-refractivity contribution in [3.8, 4) is 0 Å². The third-order valence-electron chi connectivity index (χ3n) is 5.52. The van der Waals surface area contributed by atoms with Gasteiger partial charge in [0, 0.05) is 4.48 Å². The zero-order chi connectivity index (χ0) is 14.0. The van der Waals surface area contributed by atoms with Crippen molar-refractivity contribution in [2.75, 3.05) is 0 Å². The lowest BCUT2D eigenvalue weighted by Gasteiger charge is -2.20. The Morgan fingerprint density at radius 3 is 2.40 bits per heavy atom. The van der Waals surface area contributed by atoms with Gasteiger partial charge in [-0.2, -0.15) is 0 Å². The second-order valence-corrected chi connectivity index (χ2v) is 7.80. The molecule has 2 heterocycles. The van der Waals surface area contributed by atoms with Crippen LogP contribution in [0.15, 0.2) is 22.7 Å². The van der Waals surface area contributed by atoms with Gasteiger partial charge >= 0.3 is 0 Å². The number of benzene rings is 1. The van der Waals surface area contributed by atoms with E-state index in [0.717, 1.165) is 17.8 Å². The maximum absolute atomic E-state index is 6.08. The van der Waals surface area contributed by atoms with E-state index in [4.69, 9.17) is 4.74 Å². The average Bonchev–Trinajstić information content (AvgIpc) is 2.97. The molecule has 0 aromatic heterocycles. The molecule has 1 saturated heterocycles. The molecule has 1 nitrogen and oxygen atoms in total. The molecule has 1 aromatic carbocycles. The Hall–Kier alpha value is -0.600. The molecule has 0 amide bonds. The molecule has 20 heavy (non-hydrogen) atoms. The van der Waals surface area contributed by atoms with E-state index in [1.807, 2.05) is 0 Å². The fourth-order valence-electron chi connectivity index (χ4n) is 4.95. The lowest BCUT2D eigenvalue weighted by molar-refractivity contribution is 0.0940. The predicted molar refractivity (Wildman–Crippen MR) is 85.3 cm³/mol. The van der Waals surface area contributed by atoms with Gasteiger partial charge in [0.05, 0.1) is 12.2 Å². The fourth-order valence-corrected chi connectivity index (χ4v) is 5.66. The zero-order valence-corrected chi connectivity index (χ0v) is 13.9. The predicted octanol–water partition coefficient (Wildman–Crippen LogP) is 4.78. The van der Waals surface area contributed by atoms with E-state index in [1.54, 1.807) is 5.56 Å². The topological polar surface area (TPSA) is 9.23 Å². The van der Waals surface area contributed by atoms with Crippen LogP contribution in [0.1, 0.15) is 41.0 Å². The van der Waals surface area contributed by atoms with Crippen LogP contribution in [0.4, 0.5) is 0 Å². The van der Waals surface area contributed by atoms with E-state index in [-0.39, 0.29) is 0 Å². The molecule has 2 heteroatoms. The summed E-state index contributed by atoms with van der Waals surface area (Å²) in [4.78, 5) is 0. The smallest absolute Gasteiger partial charge is 0.0927 e. The number of hydrogen-bond acceptors (Lipinski definition) is 1. The van der Waals surface area contributed by atoms with Crippen molar-refractivity contribution in [1.29, 1.82) is 0 Å². The Labute approximate surface area is 129 Å². The van der Waals surface area contributed by atoms with Gasteiger partial charge in [0.1, 0.15) is 0 Å². The van der Waals surface area contributed by atoms with Crippen molar-refractivity contribution in [2.45, 2.75) is 51.7 Å².